The molecule has 0 spiro atoms. The third-order valence-electron chi connectivity index (χ3n) is 3.86. The number of nitrogens with one attached hydrogen (secondary N) is 2. The number of hydrogen-bond acceptors (Lipinski definition) is 4. The molecule has 2 rings (SSSR count). The summed E-state index contributed by atoms with van der Waals surface area (Å²) in [4.78, 5) is 13.1. The minimum Gasteiger partial charge on any atom is -0.444 e. The van der Waals surface area contributed by atoms with E-state index >= 15 is 0 Å². The first-order valence-corrected chi connectivity index (χ1v) is 9.83. The number of amides is 1. The molecule has 1 amide bonds. The van der Waals surface area contributed by atoms with E-state index in [1.807, 2.05) is 26.8 Å². The number of carbonyl (C=O) groups is 1. The van der Waals surface area contributed by atoms with Crippen LogP contribution < -0.4 is 10.6 Å². The van der Waals surface area contributed by atoms with E-state index in [-0.39, 0.29) is 11.6 Å². The van der Waals surface area contributed by atoms with E-state index in [4.69, 9.17) is 16.3 Å². The summed E-state index contributed by atoms with van der Waals surface area (Å²) < 4.78 is 7.04. The van der Waals surface area contributed by atoms with Gasteiger partial charge in [-0.3, -0.25) is 0 Å². The molecule has 0 saturated heterocycles. The van der Waals surface area contributed by atoms with Gasteiger partial charge in [0, 0.05) is 28.0 Å². The first kappa shape index (κ1) is 19.0. The lowest BCUT2D eigenvalue weighted by Gasteiger charge is -2.31. The molecule has 7 heteroatoms. The summed E-state index contributed by atoms with van der Waals surface area (Å²) in [6.45, 7) is 6.95. The van der Waals surface area contributed by atoms with Crippen molar-refractivity contribution in [2.45, 2.75) is 64.1 Å². The lowest BCUT2D eigenvalue weighted by Crippen LogP contribution is -2.51. The van der Waals surface area contributed by atoms with E-state index in [2.05, 4.69) is 26.6 Å². The Morgan fingerprint density at radius 1 is 1.43 bits per heavy atom. The van der Waals surface area contributed by atoms with Crippen LogP contribution in [-0.2, 0) is 11.3 Å². The second-order valence-electron chi connectivity index (χ2n) is 7.03. The molecule has 1 saturated carbocycles. The smallest absolute Gasteiger partial charge is 0.407 e. The highest BCUT2D eigenvalue weighted by Crippen LogP contribution is 2.34. The van der Waals surface area contributed by atoms with Crippen LogP contribution in [-0.4, -0.2) is 23.8 Å². The average Bonchev–Trinajstić information content (AvgIpc) is 3.01. The van der Waals surface area contributed by atoms with Gasteiger partial charge in [-0.25, -0.2) is 4.79 Å². The predicted octanol–water partition coefficient (Wildman–Crippen LogP) is 5.09. The lowest BCUT2D eigenvalue weighted by molar-refractivity contribution is 0.0509. The van der Waals surface area contributed by atoms with E-state index in [0.29, 0.717) is 6.54 Å². The molecule has 23 heavy (non-hydrogen) atoms. The van der Waals surface area contributed by atoms with Crippen LogP contribution >= 0.6 is 38.9 Å². The normalized spacial score (nSPS) is 17.3. The maximum absolute atomic E-state index is 11.9. The number of hydrogen-bond donors (Lipinski definition) is 2. The number of halogens is 2. The maximum Gasteiger partial charge on any atom is 0.407 e. The predicted molar refractivity (Wildman–Crippen MR) is 99.3 cm³/mol. The molecule has 1 aromatic rings. The molecule has 0 aromatic carbocycles. The summed E-state index contributed by atoms with van der Waals surface area (Å²) in [6.07, 6.45) is 4.12. The van der Waals surface area contributed by atoms with Crippen molar-refractivity contribution in [3.63, 3.8) is 0 Å². The van der Waals surface area contributed by atoms with E-state index < -0.39 is 5.60 Å². The van der Waals surface area contributed by atoms with Crippen molar-refractivity contribution in [3.05, 3.63) is 19.8 Å². The van der Waals surface area contributed by atoms with Crippen LogP contribution in [0.25, 0.3) is 0 Å². The molecule has 1 fully saturated rings. The molecule has 0 radical (unpaired) electrons. The molecule has 1 heterocycles. The van der Waals surface area contributed by atoms with Gasteiger partial charge in [0.15, 0.2) is 0 Å². The fourth-order valence-electron chi connectivity index (χ4n) is 2.78. The minimum atomic E-state index is -0.472. The molecule has 0 bridgehead atoms. The zero-order chi connectivity index (χ0) is 17.1. The van der Waals surface area contributed by atoms with Crippen molar-refractivity contribution in [1.29, 1.82) is 0 Å². The summed E-state index contributed by atoms with van der Waals surface area (Å²) >= 11 is 11.1. The SMILES string of the molecule is CC(C)(C)OC(=O)NCC1(NCc2cc(Br)c(Cl)s2)CCCC1. The Kier molecular flexibility index (Phi) is 6.39. The highest BCUT2D eigenvalue weighted by atomic mass is 79.9. The van der Waals surface area contributed by atoms with Crippen LogP contribution in [0.15, 0.2) is 10.5 Å². The molecule has 4 nitrogen and oxygen atoms in total. The van der Waals surface area contributed by atoms with Gasteiger partial charge in [0.25, 0.3) is 0 Å². The fraction of sp³-hybridized carbons (Fsp3) is 0.688. The van der Waals surface area contributed by atoms with Gasteiger partial charge in [-0.1, -0.05) is 24.4 Å². The summed E-state index contributed by atoms with van der Waals surface area (Å²) in [5, 5.41) is 6.55. The van der Waals surface area contributed by atoms with E-state index in [1.165, 1.54) is 17.7 Å². The Morgan fingerprint density at radius 3 is 2.61 bits per heavy atom. The number of carbonyl (C=O) groups excluding carboxylic acids is 1. The highest BCUT2D eigenvalue weighted by molar-refractivity contribution is 9.10. The summed E-state index contributed by atoms with van der Waals surface area (Å²) in [6, 6.07) is 2.05. The van der Waals surface area contributed by atoms with Crippen LogP contribution in [0.3, 0.4) is 0 Å². The summed E-state index contributed by atoms with van der Waals surface area (Å²) in [5.74, 6) is 0. The van der Waals surface area contributed by atoms with Gasteiger partial charge in [-0.2, -0.15) is 0 Å². The monoisotopic (exact) mass is 422 g/mol. The van der Waals surface area contributed by atoms with Crippen molar-refractivity contribution >= 4 is 45.0 Å². The van der Waals surface area contributed by atoms with Crippen molar-refractivity contribution in [3.8, 4) is 0 Å². The van der Waals surface area contributed by atoms with Crippen LogP contribution in [0.1, 0.15) is 51.3 Å². The molecule has 0 unspecified atom stereocenters. The molecule has 2 N–H and O–H groups in total. The number of alkyl carbamates (subject to hydrolysis) is 1. The largest absolute Gasteiger partial charge is 0.444 e. The quantitative estimate of drug-likeness (QED) is 0.693. The molecule has 1 aliphatic carbocycles. The van der Waals surface area contributed by atoms with Gasteiger partial charge in [0.05, 0.1) is 0 Å². The highest BCUT2D eigenvalue weighted by Gasteiger charge is 2.34. The minimum absolute atomic E-state index is 0.0557. The Balaban J connectivity index is 1.90. The summed E-state index contributed by atoms with van der Waals surface area (Å²) in [7, 11) is 0. The lowest BCUT2D eigenvalue weighted by atomic mass is 9.97. The third kappa shape index (κ3) is 5.93. The Labute approximate surface area is 155 Å². The van der Waals surface area contributed by atoms with Crippen LogP contribution in [0.2, 0.25) is 4.34 Å². The van der Waals surface area contributed by atoms with Gasteiger partial charge >= 0.3 is 6.09 Å². The van der Waals surface area contributed by atoms with E-state index in [1.54, 1.807) is 11.3 Å². The number of ether oxygens (including phenoxy) is 1. The third-order valence-corrected chi connectivity index (χ3v) is 6.34. The average molecular weight is 424 g/mol. The molecule has 1 aromatic heterocycles. The maximum atomic E-state index is 11.9. The van der Waals surface area contributed by atoms with Crippen molar-refractivity contribution in [1.82, 2.24) is 10.6 Å². The van der Waals surface area contributed by atoms with Crippen molar-refractivity contribution < 1.29 is 9.53 Å². The van der Waals surface area contributed by atoms with Gasteiger partial charge in [-0.05, 0) is 55.6 Å². The number of rotatable bonds is 5. The topological polar surface area (TPSA) is 50.4 Å². The first-order chi connectivity index (χ1) is 10.7. The van der Waals surface area contributed by atoms with E-state index in [9.17, 15) is 4.79 Å². The van der Waals surface area contributed by atoms with Crippen LogP contribution in [0, 0.1) is 0 Å². The van der Waals surface area contributed by atoms with Crippen molar-refractivity contribution in [2.24, 2.45) is 0 Å². The first-order valence-electron chi connectivity index (χ1n) is 7.85. The Hall–Kier alpha value is -0.300. The van der Waals surface area contributed by atoms with Crippen LogP contribution in [0.5, 0.6) is 0 Å². The van der Waals surface area contributed by atoms with Gasteiger partial charge in [0.2, 0.25) is 0 Å². The summed E-state index contributed by atoms with van der Waals surface area (Å²) in [5.41, 5.74) is -0.528. The Morgan fingerprint density at radius 2 is 2.09 bits per heavy atom. The standard InChI is InChI=1S/C16H24BrClN2O2S/c1-15(2,3)22-14(21)19-10-16(6-4-5-7-16)20-9-11-8-12(17)13(18)23-11/h8,20H,4-7,9-10H2,1-3H3,(H,19,21). The molecular formula is C16H24BrClN2O2S. The molecule has 130 valence electrons. The Bertz CT molecular complexity index is 531. The van der Waals surface area contributed by atoms with Gasteiger partial charge in [0.1, 0.15) is 9.94 Å². The molecule has 1 aliphatic rings. The second-order valence-corrected chi connectivity index (χ2v) is 9.62. The van der Waals surface area contributed by atoms with E-state index in [0.717, 1.165) is 28.2 Å². The molecule has 0 atom stereocenters. The molecular weight excluding hydrogens is 400 g/mol. The number of thiophene rings is 1. The zero-order valence-corrected chi connectivity index (χ0v) is 17.0. The van der Waals surface area contributed by atoms with Crippen LogP contribution in [0.4, 0.5) is 4.79 Å². The fourth-order valence-corrected chi connectivity index (χ4v) is 4.51. The second kappa shape index (κ2) is 7.72. The van der Waals surface area contributed by atoms with Gasteiger partial charge in [-0.15, -0.1) is 11.3 Å². The van der Waals surface area contributed by atoms with Crippen molar-refractivity contribution in [2.75, 3.05) is 6.54 Å². The zero-order valence-electron chi connectivity index (χ0n) is 13.8. The molecule has 0 aliphatic heterocycles. The van der Waals surface area contributed by atoms with Gasteiger partial charge < -0.3 is 15.4 Å².